The molecular formula is C11H10F2N4O3. The lowest BCUT2D eigenvalue weighted by Crippen LogP contribution is -2.12. The first kappa shape index (κ1) is 14.0. The molecule has 0 amide bonds. The van der Waals surface area contributed by atoms with E-state index in [9.17, 15) is 18.9 Å². The van der Waals surface area contributed by atoms with Crippen LogP contribution in [0.2, 0.25) is 0 Å². The van der Waals surface area contributed by atoms with E-state index in [2.05, 4.69) is 15.5 Å². The predicted molar refractivity (Wildman–Crippen MR) is 63.8 cm³/mol. The van der Waals surface area contributed by atoms with Gasteiger partial charge in [0.05, 0.1) is 11.0 Å². The molecule has 1 aromatic carbocycles. The Kier molecular flexibility index (Phi) is 3.70. The number of hydrogen-bond donors (Lipinski definition) is 1. The number of benzene rings is 1. The van der Waals surface area contributed by atoms with Crippen LogP contribution in [0.3, 0.4) is 0 Å². The standard InChI is InChI=1S/C11H10F2N4O3/c1-5(14-2)11-15-10(16-20-11)8-6(12)3-4-7(9(8)13)17(18)19/h3-5,14H,1-2H3. The first-order valence-electron chi connectivity index (χ1n) is 5.59. The molecule has 1 unspecified atom stereocenters. The van der Waals surface area contributed by atoms with Crippen LogP contribution >= 0.6 is 0 Å². The van der Waals surface area contributed by atoms with Crippen molar-refractivity contribution in [3.63, 3.8) is 0 Å². The summed E-state index contributed by atoms with van der Waals surface area (Å²) in [6.45, 7) is 1.71. The zero-order valence-corrected chi connectivity index (χ0v) is 10.6. The molecule has 2 aromatic rings. The van der Waals surface area contributed by atoms with E-state index in [-0.39, 0.29) is 17.8 Å². The third-order valence-corrected chi connectivity index (χ3v) is 2.74. The van der Waals surface area contributed by atoms with Crippen molar-refractivity contribution in [3.05, 3.63) is 39.8 Å². The van der Waals surface area contributed by atoms with E-state index in [1.54, 1.807) is 14.0 Å². The van der Waals surface area contributed by atoms with Crippen LogP contribution in [0.5, 0.6) is 0 Å². The zero-order chi connectivity index (χ0) is 14.9. The van der Waals surface area contributed by atoms with E-state index >= 15 is 0 Å². The van der Waals surface area contributed by atoms with Gasteiger partial charge in [-0.1, -0.05) is 5.16 Å². The van der Waals surface area contributed by atoms with Crippen molar-refractivity contribution in [2.24, 2.45) is 0 Å². The number of aromatic nitrogens is 2. The van der Waals surface area contributed by atoms with Gasteiger partial charge in [0.1, 0.15) is 11.4 Å². The monoisotopic (exact) mass is 284 g/mol. The van der Waals surface area contributed by atoms with E-state index in [4.69, 9.17) is 4.52 Å². The lowest BCUT2D eigenvalue weighted by atomic mass is 10.1. The van der Waals surface area contributed by atoms with Crippen molar-refractivity contribution < 1.29 is 18.2 Å². The lowest BCUT2D eigenvalue weighted by Gasteiger charge is -2.02. The topological polar surface area (TPSA) is 94.1 Å². The Balaban J connectivity index is 2.55. The number of hydrogen-bond acceptors (Lipinski definition) is 6. The number of nitrogens with zero attached hydrogens (tertiary/aromatic N) is 3. The molecule has 0 aliphatic rings. The minimum absolute atomic E-state index is 0.118. The van der Waals surface area contributed by atoms with Crippen molar-refractivity contribution in [2.75, 3.05) is 7.05 Å². The maximum absolute atomic E-state index is 13.9. The quantitative estimate of drug-likeness (QED) is 0.683. The molecule has 0 spiro atoms. The van der Waals surface area contributed by atoms with Crippen LogP contribution in [0.4, 0.5) is 14.5 Å². The average Bonchev–Trinajstić information content (AvgIpc) is 2.87. The molecule has 2 rings (SSSR count). The second kappa shape index (κ2) is 5.29. The summed E-state index contributed by atoms with van der Waals surface area (Å²) >= 11 is 0. The second-order valence-corrected chi connectivity index (χ2v) is 3.98. The van der Waals surface area contributed by atoms with Gasteiger partial charge in [0.2, 0.25) is 17.5 Å². The molecule has 1 atom stereocenters. The molecule has 20 heavy (non-hydrogen) atoms. The maximum atomic E-state index is 13.9. The summed E-state index contributed by atoms with van der Waals surface area (Å²) in [7, 11) is 1.64. The average molecular weight is 284 g/mol. The highest BCUT2D eigenvalue weighted by Crippen LogP contribution is 2.30. The fraction of sp³-hybridized carbons (Fsp3) is 0.273. The third-order valence-electron chi connectivity index (χ3n) is 2.74. The molecule has 0 saturated carbocycles. The van der Waals surface area contributed by atoms with Gasteiger partial charge >= 0.3 is 5.69 Å². The van der Waals surface area contributed by atoms with Gasteiger partial charge in [0.15, 0.2) is 0 Å². The first-order valence-corrected chi connectivity index (χ1v) is 5.59. The molecule has 1 aromatic heterocycles. The highest BCUT2D eigenvalue weighted by atomic mass is 19.1. The van der Waals surface area contributed by atoms with E-state index in [1.165, 1.54) is 0 Å². The van der Waals surface area contributed by atoms with Gasteiger partial charge in [-0.15, -0.1) is 0 Å². The summed E-state index contributed by atoms with van der Waals surface area (Å²) in [5, 5.41) is 16.9. The normalized spacial score (nSPS) is 12.4. The van der Waals surface area contributed by atoms with Crippen LogP contribution in [-0.2, 0) is 0 Å². The van der Waals surface area contributed by atoms with E-state index in [1.807, 2.05) is 0 Å². The summed E-state index contributed by atoms with van der Waals surface area (Å²) in [6.07, 6.45) is 0. The van der Waals surface area contributed by atoms with Crippen molar-refractivity contribution in [2.45, 2.75) is 13.0 Å². The summed E-state index contributed by atoms with van der Waals surface area (Å²) < 4.78 is 32.5. The Morgan fingerprint density at radius 2 is 2.15 bits per heavy atom. The minimum Gasteiger partial charge on any atom is -0.337 e. The Labute approximate surface area is 111 Å². The molecule has 0 radical (unpaired) electrons. The molecule has 106 valence electrons. The fourth-order valence-electron chi connectivity index (χ4n) is 1.52. The molecule has 0 aliphatic heterocycles. The van der Waals surface area contributed by atoms with Crippen LogP contribution in [0.15, 0.2) is 16.7 Å². The maximum Gasteiger partial charge on any atom is 0.305 e. The van der Waals surface area contributed by atoms with Crippen molar-refractivity contribution in [3.8, 4) is 11.4 Å². The highest BCUT2D eigenvalue weighted by Gasteiger charge is 2.26. The summed E-state index contributed by atoms with van der Waals surface area (Å²) in [5.41, 5.74) is -1.54. The largest absolute Gasteiger partial charge is 0.337 e. The van der Waals surface area contributed by atoms with Gasteiger partial charge in [0.25, 0.3) is 0 Å². The fourth-order valence-corrected chi connectivity index (χ4v) is 1.52. The van der Waals surface area contributed by atoms with E-state index < -0.39 is 27.8 Å². The van der Waals surface area contributed by atoms with E-state index in [0.717, 1.165) is 12.1 Å². The molecule has 0 aliphatic carbocycles. The lowest BCUT2D eigenvalue weighted by molar-refractivity contribution is -0.387. The Morgan fingerprint density at radius 3 is 2.75 bits per heavy atom. The van der Waals surface area contributed by atoms with Gasteiger partial charge in [-0.05, 0) is 20.0 Å². The molecule has 0 fully saturated rings. The summed E-state index contributed by atoms with van der Waals surface area (Å²) in [6, 6.07) is 1.21. The van der Waals surface area contributed by atoms with Crippen molar-refractivity contribution >= 4 is 5.69 Å². The van der Waals surface area contributed by atoms with Gasteiger partial charge in [0, 0.05) is 6.07 Å². The van der Waals surface area contributed by atoms with Crippen LogP contribution < -0.4 is 5.32 Å². The molecular weight excluding hydrogens is 274 g/mol. The summed E-state index contributed by atoms with van der Waals surface area (Å²) in [4.78, 5) is 13.5. The van der Waals surface area contributed by atoms with Crippen molar-refractivity contribution in [1.82, 2.24) is 15.5 Å². The molecule has 9 heteroatoms. The van der Waals surface area contributed by atoms with Gasteiger partial charge in [-0.25, -0.2) is 4.39 Å². The Bertz CT molecular complexity index is 659. The number of nitro benzene ring substituents is 1. The van der Waals surface area contributed by atoms with Crippen LogP contribution in [0, 0.1) is 21.7 Å². The van der Waals surface area contributed by atoms with Crippen molar-refractivity contribution in [1.29, 1.82) is 0 Å². The van der Waals surface area contributed by atoms with Crippen LogP contribution in [0.25, 0.3) is 11.4 Å². The summed E-state index contributed by atoms with van der Waals surface area (Å²) in [5.74, 6) is -2.59. The first-order chi connectivity index (χ1) is 9.45. The Hall–Kier alpha value is -2.42. The number of halogens is 2. The molecule has 1 N–H and O–H groups in total. The molecule has 0 saturated heterocycles. The molecule has 7 nitrogen and oxygen atoms in total. The zero-order valence-electron chi connectivity index (χ0n) is 10.6. The molecule has 1 heterocycles. The SMILES string of the molecule is CNC(C)c1nc(-c2c(F)ccc([N+](=O)[O-])c2F)no1. The second-order valence-electron chi connectivity index (χ2n) is 3.98. The highest BCUT2D eigenvalue weighted by molar-refractivity contribution is 5.61. The van der Waals surface area contributed by atoms with Crippen LogP contribution in [0.1, 0.15) is 18.9 Å². The van der Waals surface area contributed by atoms with Gasteiger partial charge in [-0.2, -0.15) is 9.37 Å². The number of nitrogens with one attached hydrogen (secondary N) is 1. The van der Waals surface area contributed by atoms with Gasteiger partial charge in [-0.3, -0.25) is 10.1 Å². The third kappa shape index (κ3) is 2.35. The van der Waals surface area contributed by atoms with Gasteiger partial charge < -0.3 is 9.84 Å². The van der Waals surface area contributed by atoms with E-state index in [0.29, 0.717) is 0 Å². The number of rotatable bonds is 4. The Morgan fingerprint density at radius 1 is 1.45 bits per heavy atom. The smallest absolute Gasteiger partial charge is 0.305 e. The molecule has 0 bridgehead atoms. The minimum atomic E-state index is -1.33. The number of nitro groups is 1. The van der Waals surface area contributed by atoms with Crippen LogP contribution in [-0.4, -0.2) is 22.1 Å². The predicted octanol–water partition coefficient (Wildman–Crippen LogP) is 2.20.